The van der Waals surface area contributed by atoms with Gasteiger partial charge >= 0.3 is 0 Å². The zero-order chi connectivity index (χ0) is 14.1. The quantitative estimate of drug-likeness (QED) is 0.479. The Morgan fingerprint density at radius 2 is 2.16 bits per heavy atom. The Morgan fingerprint density at radius 1 is 1.37 bits per heavy atom. The molecule has 0 aliphatic heterocycles. The van der Waals surface area contributed by atoms with Gasteiger partial charge in [0.1, 0.15) is 5.15 Å². The first kappa shape index (κ1) is 15.8. The lowest BCUT2D eigenvalue weighted by atomic mass is 10.1. The highest BCUT2D eigenvalue weighted by Gasteiger charge is 1.99. The molecule has 1 aromatic heterocycles. The van der Waals surface area contributed by atoms with Crippen molar-refractivity contribution in [2.45, 2.75) is 33.7 Å². The molecule has 0 aliphatic carbocycles. The molecule has 5 heteroatoms. The Hall–Kier alpha value is -1.29. The standard InChI is InChI=1S/C14H23ClN4/c1-4-16-14(17-8-7-11(2)3)19-10-12-5-6-13(15)18-9-12/h5-6,9,11H,4,7-8,10H2,1-3H3,(H2,16,17,19). The van der Waals surface area contributed by atoms with Gasteiger partial charge in [-0.25, -0.2) is 9.98 Å². The van der Waals surface area contributed by atoms with E-state index in [9.17, 15) is 0 Å². The second-order valence-corrected chi connectivity index (χ2v) is 5.18. The number of hydrogen-bond acceptors (Lipinski definition) is 2. The van der Waals surface area contributed by atoms with E-state index in [0.717, 1.165) is 31.0 Å². The molecule has 0 aromatic carbocycles. The van der Waals surface area contributed by atoms with Gasteiger partial charge in [0, 0.05) is 19.3 Å². The van der Waals surface area contributed by atoms with E-state index >= 15 is 0 Å². The number of halogens is 1. The summed E-state index contributed by atoms with van der Waals surface area (Å²) in [5.74, 6) is 1.54. The second kappa shape index (κ2) is 8.75. The van der Waals surface area contributed by atoms with Crippen molar-refractivity contribution in [2.75, 3.05) is 13.1 Å². The molecule has 1 rings (SSSR count). The average Bonchev–Trinajstić information content (AvgIpc) is 2.37. The molecule has 0 spiro atoms. The smallest absolute Gasteiger partial charge is 0.191 e. The third-order valence-corrected chi connectivity index (χ3v) is 2.79. The lowest BCUT2D eigenvalue weighted by Crippen LogP contribution is -2.38. The molecule has 0 bridgehead atoms. The van der Waals surface area contributed by atoms with Crippen LogP contribution in [0.15, 0.2) is 23.3 Å². The van der Waals surface area contributed by atoms with Gasteiger partial charge in [-0.1, -0.05) is 31.5 Å². The first-order valence-electron chi connectivity index (χ1n) is 6.74. The Kier molecular flexibility index (Phi) is 7.26. The first-order chi connectivity index (χ1) is 9.11. The maximum atomic E-state index is 5.75. The van der Waals surface area contributed by atoms with Gasteiger partial charge in [-0.05, 0) is 30.9 Å². The molecule has 1 heterocycles. The fourth-order valence-corrected chi connectivity index (χ4v) is 1.60. The van der Waals surface area contributed by atoms with E-state index in [2.05, 4.69) is 41.4 Å². The molecule has 0 radical (unpaired) electrons. The Balaban J connectivity index is 2.49. The van der Waals surface area contributed by atoms with Crippen LogP contribution in [0.2, 0.25) is 5.15 Å². The third-order valence-electron chi connectivity index (χ3n) is 2.57. The monoisotopic (exact) mass is 282 g/mol. The molecular weight excluding hydrogens is 260 g/mol. The summed E-state index contributed by atoms with van der Waals surface area (Å²) in [6.45, 7) is 8.87. The van der Waals surface area contributed by atoms with Crippen LogP contribution in [0.5, 0.6) is 0 Å². The molecule has 2 N–H and O–H groups in total. The van der Waals surface area contributed by atoms with Gasteiger partial charge in [0.15, 0.2) is 5.96 Å². The number of hydrogen-bond donors (Lipinski definition) is 2. The van der Waals surface area contributed by atoms with Gasteiger partial charge in [0.05, 0.1) is 6.54 Å². The minimum Gasteiger partial charge on any atom is -0.357 e. The molecule has 106 valence electrons. The summed E-state index contributed by atoms with van der Waals surface area (Å²) in [6, 6.07) is 3.72. The van der Waals surface area contributed by atoms with Crippen LogP contribution < -0.4 is 10.6 Å². The largest absolute Gasteiger partial charge is 0.357 e. The average molecular weight is 283 g/mol. The Labute approximate surface area is 120 Å². The van der Waals surface area contributed by atoms with Crippen molar-refractivity contribution < 1.29 is 0 Å². The molecule has 0 amide bonds. The van der Waals surface area contributed by atoms with Gasteiger partial charge in [-0.15, -0.1) is 0 Å². The van der Waals surface area contributed by atoms with Gasteiger partial charge in [0.25, 0.3) is 0 Å². The molecule has 1 aromatic rings. The predicted octanol–water partition coefficient (Wildman–Crippen LogP) is 2.84. The van der Waals surface area contributed by atoms with Crippen LogP contribution >= 0.6 is 11.6 Å². The van der Waals surface area contributed by atoms with Crippen molar-refractivity contribution in [2.24, 2.45) is 10.9 Å². The molecule has 4 nitrogen and oxygen atoms in total. The predicted molar refractivity (Wildman–Crippen MR) is 81.5 cm³/mol. The van der Waals surface area contributed by atoms with Crippen molar-refractivity contribution in [3.8, 4) is 0 Å². The van der Waals surface area contributed by atoms with Crippen molar-refractivity contribution in [1.29, 1.82) is 0 Å². The van der Waals surface area contributed by atoms with E-state index < -0.39 is 0 Å². The minimum absolute atomic E-state index is 0.509. The fraction of sp³-hybridized carbons (Fsp3) is 0.571. The van der Waals surface area contributed by atoms with E-state index in [1.807, 2.05) is 6.07 Å². The highest BCUT2D eigenvalue weighted by Crippen LogP contribution is 2.06. The zero-order valence-electron chi connectivity index (χ0n) is 11.9. The topological polar surface area (TPSA) is 49.3 Å². The van der Waals surface area contributed by atoms with E-state index in [0.29, 0.717) is 17.6 Å². The normalized spacial score (nSPS) is 11.7. The maximum absolute atomic E-state index is 5.75. The van der Waals surface area contributed by atoms with Crippen molar-refractivity contribution in [3.05, 3.63) is 29.0 Å². The first-order valence-corrected chi connectivity index (χ1v) is 7.12. The van der Waals surface area contributed by atoms with Gasteiger partial charge < -0.3 is 10.6 Å². The van der Waals surface area contributed by atoms with Crippen LogP contribution in [0, 0.1) is 5.92 Å². The number of pyridine rings is 1. The molecule has 0 aliphatic rings. The minimum atomic E-state index is 0.509. The van der Waals surface area contributed by atoms with E-state index in [-0.39, 0.29) is 0 Å². The van der Waals surface area contributed by atoms with E-state index in [4.69, 9.17) is 11.6 Å². The summed E-state index contributed by atoms with van der Waals surface area (Å²) in [4.78, 5) is 8.57. The van der Waals surface area contributed by atoms with Gasteiger partial charge in [0.2, 0.25) is 0 Å². The van der Waals surface area contributed by atoms with E-state index in [1.54, 1.807) is 12.3 Å². The van der Waals surface area contributed by atoms with Gasteiger partial charge in [-0.2, -0.15) is 0 Å². The summed E-state index contributed by atoms with van der Waals surface area (Å²) in [7, 11) is 0. The zero-order valence-corrected chi connectivity index (χ0v) is 12.7. The number of guanidine groups is 1. The van der Waals surface area contributed by atoms with Crippen molar-refractivity contribution >= 4 is 17.6 Å². The number of aromatic nitrogens is 1. The highest BCUT2D eigenvalue weighted by atomic mass is 35.5. The molecule has 19 heavy (non-hydrogen) atoms. The Morgan fingerprint density at radius 3 is 2.74 bits per heavy atom. The molecule has 0 saturated heterocycles. The second-order valence-electron chi connectivity index (χ2n) is 4.79. The number of nitrogens with one attached hydrogen (secondary N) is 2. The molecule has 0 fully saturated rings. The van der Waals surface area contributed by atoms with Crippen LogP contribution in [-0.2, 0) is 6.54 Å². The summed E-state index contributed by atoms with van der Waals surface area (Å²) in [5.41, 5.74) is 1.05. The number of aliphatic imine (C=N–C) groups is 1. The lowest BCUT2D eigenvalue weighted by molar-refractivity contribution is 0.573. The third kappa shape index (κ3) is 7.01. The van der Waals surface area contributed by atoms with Gasteiger partial charge in [-0.3, -0.25) is 0 Å². The fourth-order valence-electron chi connectivity index (χ4n) is 1.49. The summed E-state index contributed by atoms with van der Waals surface area (Å²) in [5, 5.41) is 7.07. The lowest BCUT2D eigenvalue weighted by Gasteiger charge is -2.12. The summed E-state index contributed by atoms with van der Waals surface area (Å²) >= 11 is 5.75. The van der Waals surface area contributed by atoms with E-state index in [1.165, 1.54) is 0 Å². The number of rotatable bonds is 6. The summed E-state index contributed by atoms with van der Waals surface area (Å²) in [6.07, 6.45) is 2.89. The Bertz CT molecular complexity index is 387. The van der Waals surface area contributed by atoms with Crippen LogP contribution in [0.3, 0.4) is 0 Å². The van der Waals surface area contributed by atoms with Crippen molar-refractivity contribution in [3.63, 3.8) is 0 Å². The highest BCUT2D eigenvalue weighted by molar-refractivity contribution is 6.29. The molecule has 0 saturated carbocycles. The number of nitrogens with zero attached hydrogens (tertiary/aromatic N) is 2. The maximum Gasteiger partial charge on any atom is 0.191 e. The molecule has 0 unspecified atom stereocenters. The molecule has 0 atom stereocenters. The SMILES string of the molecule is CCNC(=NCc1ccc(Cl)nc1)NCCC(C)C. The van der Waals surface area contributed by atoms with Crippen molar-refractivity contribution in [1.82, 2.24) is 15.6 Å². The van der Waals surface area contributed by atoms with Crippen LogP contribution in [-0.4, -0.2) is 24.0 Å². The van der Waals surface area contributed by atoms with Crippen LogP contribution in [0.1, 0.15) is 32.8 Å². The van der Waals surface area contributed by atoms with Crippen LogP contribution in [0.25, 0.3) is 0 Å². The van der Waals surface area contributed by atoms with Crippen LogP contribution in [0.4, 0.5) is 0 Å². The molecular formula is C14H23ClN4. The summed E-state index contributed by atoms with van der Waals surface area (Å²) < 4.78 is 0.